The molecule has 0 unspecified atom stereocenters. The first-order chi connectivity index (χ1) is 12.2. The lowest BCUT2D eigenvalue weighted by molar-refractivity contribution is -0.384. The number of ether oxygens (including phenoxy) is 2. The minimum atomic E-state index is -0.517. The number of hydrogen-bond donors (Lipinski definition) is 1. The summed E-state index contributed by atoms with van der Waals surface area (Å²) in [7, 11) is 1.56. The van der Waals surface area contributed by atoms with Gasteiger partial charge in [-0.15, -0.1) is 0 Å². The second-order valence-corrected chi connectivity index (χ2v) is 4.79. The van der Waals surface area contributed by atoms with Crippen LogP contribution < -0.4 is 14.8 Å². The van der Waals surface area contributed by atoms with Crippen molar-refractivity contribution in [1.82, 2.24) is 15.0 Å². The monoisotopic (exact) mass is 339 g/mol. The van der Waals surface area contributed by atoms with Gasteiger partial charge in [0.1, 0.15) is 11.5 Å². The van der Waals surface area contributed by atoms with E-state index in [9.17, 15) is 10.1 Å². The molecule has 0 radical (unpaired) electrons. The van der Waals surface area contributed by atoms with Crippen molar-refractivity contribution >= 4 is 17.2 Å². The molecule has 1 N–H and O–H groups in total. The number of rotatable bonds is 6. The molecule has 0 atom stereocenters. The molecule has 0 saturated heterocycles. The largest absolute Gasteiger partial charge is 0.497 e. The maximum Gasteiger partial charge on any atom is 0.322 e. The number of nitro groups is 1. The van der Waals surface area contributed by atoms with Crippen molar-refractivity contribution in [2.24, 2.45) is 0 Å². The first-order valence-corrected chi connectivity index (χ1v) is 7.16. The lowest BCUT2D eigenvalue weighted by atomic mass is 10.3. The number of hydrogen-bond acceptors (Lipinski definition) is 8. The molecule has 2 aromatic heterocycles. The van der Waals surface area contributed by atoms with Crippen LogP contribution in [0, 0.1) is 10.1 Å². The highest BCUT2D eigenvalue weighted by atomic mass is 16.6. The normalized spacial score (nSPS) is 10.1. The summed E-state index contributed by atoms with van der Waals surface area (Å²) in [6, 6.07) is 10.0. The van der Waals surface area contributed by atoms with Crippen LogP contribution in [0.1, 0.15) is 0 Å². The maximum atomic E-state index is 11.0. The Balaban J connectivity index is 1.73. The molecule has 0 spiro atoms. The van der Waals surface area contributed by atoms with Gasteiger partial charge in [0.05, 0.1) is 30.1 Å². The topological polar surface area (TPSA) is 112 Å². The van der Waals surface area contributed by atoms with Crippen molar-refractivity contribution in [2.75, 3.05) is 12.4 Å². The van der Waals surface area contributed by atoms with Gasteiger partial charge in [-0.2, -0.15) is 0 Å². The molecule has 0 amide bonds. The van der Waals surface area contributed by atoms with Gasteiger partial charge in [-0.1, -0.05) is 6.07 Å². The van der Waals surface area contributed by atoms with E-state index in [2.05, 4.69) is 20.3 Å². The first-order valence-electron chi connectivity index (χ1n) is 7.16. The molecular formula is C16H13N5O4. The zero-order chi connectivity index (χ0) is 17.6. The van der Waals surface area contributed by atoms with E-state index in [-0.39, 0.29) is 17.5 Å². The highest BCUT2D eigenvalue weighted by Crippen LogP contribution is 2.25. The fraction of sp³-hybridized carbons (Fsp3) is 0.0625. The van der Waals surface area contributed by atoms with Crippen LogP contribution in [0.4, 0.5) is 17.2 Å². The van der Waals surface area contributed by atoms with E-state index >= 15 is 0 Å². The van der Waals surface area contributed by atoms with Gasteiger partial charge in [0, 0.05) is 18.3 Å². The predicted molar refractivity (Wildman–Crippen MR) is 89.3 cm³/mol. The number of aromatic nitrogens is 3. The molecule has 1 aromatic carbocycles. The molecule has 2 heterocycles. The number of benzene rings is 1. The van der Waals surface area contributed by atoms with Crippen LogP contribution in [0.3, 0.4) is 0 Å². The van der Waals surface area contributed by atoms with Gasteiger partial charge < -0.3 is 14.8 Å². The highest BCUT2D eigenvalue weighted by molar-refractivity contribution is 5.64. The molecule has 0 fully saturated rings. The lowest BCUT2D eigenvalue weighted by Gasteiger charge is -2.07. The number of pyridine rings is 1. The van der Waals surface area contributed by atoms with Gasteiger partial charge in [-0.25, -0.2) is 15.0 Å². The van der Waals surface area contributed by atoms with Gasteiger partial charge in [0.2, 0.25) is 5.82 Å². The molecule has 3 aromatic rings. The summed E-state index contributed by atoms with van der Waals surface area (Å²) < 4.78 is 10.6. The Kier molecular flexibility index (Phi) is 4.65. The summed E-state index contributed by atoms with van der Waals surface area (Å²) in [5.74, 6) is 1.29. The van der Waals surface area contributed by atoms with Gasteiger partial charge in [0.25, 0.3) is 0 Å². The van der Waals surface area contributed by atoms with Crippen LogP contribution >= 0.6 is 0 Å². The van der Waals surface area contributed by atoms with E-state index in [1.807, 2.05) is 0 Å². The van der Waals surface area contributed by atoms with Gasteiger partial charge >= 0.3 is 11.7 Å². The van der Waals surface area contributed by atoms with Crippen molar-refractivity contribution < 1.29 is 14.4 Å². The summed E-state index contributed by atoms with van der Waals surface area (Å²) >= 11 is 0. The third kappa shape index (κ3) is 3.96. The minimum absolute atomic E-state index is 0.109. The molecule has 0 aliphatic heterocycles. The molecule has 0 bridgehead atoms. The predicted octanol–water partition coefficient (Wildman–Crippen LogP) is 3.32. The van der Waals surface area contributed by atoms with Crippen molar-refractivity contribution in [1.29, 1.82) is 0 Å². The molecular weight excluding hydrogens is 326 g/mol. The van der Waals surface area contributed by atoms with Gasteiger partial charge in [-0.05, 0) is 18.2 Å². The molecule has 9 heteroatoms. The smallest absolute Gasteiger partial charge is 0.322 e. The average Bonchev–Trinajstić information content (AvgIpc) is 2.64. The van der Waals surface area contributed by atoms with Crippen LogP contribution in [-0.2, 0) is 0 Å². The second-order valence-electron chi connectivity index (χ2n) is 4.79. The quantitative estimate of drug-likeness (QED) is 0.537. The summed E-state index contributed by atoms with van der Waals surface area (Å²) in [5, 5.41) is 13.8. The number of nitrogens with one attached hydrogen (secondary N) is 1. The average molecular weight is 339 g/mol. The molecule has 9 nitrogen and oxygen atoms in total. The SMILES string of the molecule is COc1cccc(Oc2ncc(Nc3ncccc3[N+](=O)[O-])cn2)c1. The molecule has 0 aliphatic carbocycles. The number of anilines is 2. The Morgan fingerprint density at radius 2 is 1.84 bits per heavy atom. The molecule has 0 saturated carbocycles. The van der Waals surface area contributed by atoms with Crippen molar-refractivity contribution in [3.63, 3.8) is 0 Å². The molecule has 3 rings (SSSR count). The zero-order valence-corrected chi connectivity index (χ0v) is 13.1. The van der Waals surface area contributed by atoms with Crippen molar-refractivity contribution in [3.8, 4) is 17.5 Å². The summed E-state index contributed by atoms with van der Waals surface area (Å²) in [6.07, 6.45) is 4.35. The zero-order valence-electron chi connectivity index (χ0n) is 13.1. The molecule has 25 heavy (non-hydrogen) atoms. The van der Waals surface area contributed by atoms with Crippen LogP contribution in [0.5, 0.6) is 17.5 Å². The van der Waals surface area contributed by atoms with E-state index in [0.717, 1.165) is 0 Å². The Labute approximate surface area is 142 Å². The van der Waals surface area contributed by atoms with E-state index in [1.165, 1.54) is 30.7 Å². The van der Waals surface area contributed by atoms with Crippen LogP contribution in [0.2, 0.25) is 0 Å². The van der Waals surface area contributed by atoms with Crippen molar-refractivity contribution in [3.05, 3.63) is 65.1 Å². The van der Waals surface area contributed by atoms with Crippen molar-refractivity contribution in [2.45, 2.75) is 0 Å². The summed E-state index contributed by atoms with van der Waals surface area (Å²) in [5.41, 5.74) is 0.305. The third-order valence-electron chi connectivity index (χ3n) is 3.12. The van der Waals surface area contributed by atoms with Crippen LogP contribution in [-0.4, -0.2) is 27.0 Å². The first kappa shape index (κ1) is 16.1. The second kappa shape index (κ2) is 7.21. The maximum absolute atomic E-state index is 11.0. The van der Waals surface area contributed by atoms with E-state index in [1.54, 1.807) is 31.4 Å². The summed E-state index contributed by atoms with van der Waals surface area (Å²) in [4.78, 5) is 22.6. The highest BCUT2D eigenvalue weighted by Gasteiger charge is 2.14. The third-order valence-corrected chi connectivity index (χ3v) is 3.12. The molecule has 0 aliphatic rings. The van der Waals surface area contributed by atoms with E-state index in [4.69, 9.17) is 9.47 Å². The minimum Gasteiger partial charge on any atom is -0.497 e. The van der Waals surface area contributed by atoms with E-state index < -0.39 is 4.92 Å². The Morgan fingerprint density at radius 3 is 2.56 bits per heavy atom. The van der Waals surface area contributed by atoms with Gasteiger partial charge in [-0.3, -0.25) is 10.1 Å². The Bertz CT molecular complexity index is 886. The molecule has 126 valence electrons. The lowest BCUT2D eigenvalue weighted by Crippen LogP contribution is -2.00. The Morgan fingerprint density at radius 1 is 1.08 bits per heavy atom. The summed E-state index contributed by atoms with van der Waals surface area (Å²) in [6.45, 7) is 0. The number of nitrogens with zero attached hydrogens (tertiary/aromatic N) is 4. The van der Waals surface area contributed by atoms with Gasteiger partial charge in [0.15, 0.2) is 0 Å². The van der Waals surface area contributed by atoms with Crippen LogP contribution in [0.15, 0.2) is 55.0 Å². The van der Waals surface area contributed by atoms with E-state index in [0.29, 0.717) is 17.2 Å². The standard InChI is InChI=1S/C16H13N5O4/c1-24-12-4-2-5-13(8-12)25-16-18-9-11(10-19-16)20-15-14(21(22)23)6-3-7-17-15/h2-10H,1H3,(H,17,20). The Hall–Kier alpha value is -3.75. The fourth-order valence-corrected chi connectivity index (χ4v) is 1.98. The number of methoxy groups -OCH3 is 1. The fourth-order valence-electron chi connectivity index (χ4n) is 1.98. The van der Waals surface area contributed by atoms with Crippen LogP contribution in [0.25, 0.3) is 0 Å².